The third-order valence-electron chi connectivity index (χ3n) is 4.54. The molecule has 2 aliphatic rings. The van der Waals surface area contributed by atoms with Crippen molar-refractivity contribution in [1.82, 2.24) is 0 Å². The Morgan fingerprint density at radius 3 is 2.35 bits per heavy atom. The van der Waals surface area contributed by atoms with Crippen LogP contribution in [0.15, 0.2) is 12.2 Å². The van der Waals surface area contributed by atoms with Crippen LogP contribution < -0.4 is 0 Å². The van der Waals surface area contributed by atoms with Gasteiger partial charge < -0.3 is 18.6 Å². The van der Waals surface area contributed by atoms with Crippen LogP contribution in [0.1, 0.15) is 34.6 Å². The number of ether oxygens (including phenoxy) is 3. The summed E-state index contributed by atoms with van der Waals surface area (Å²) in [5.41, 5.74) is 0.930. The topological polar surface area (TPSA) is 36.9 Å². The molecule has 0 amide bonds. The lowest BCUT2D eigenvalue weighted by Crippen LogP contribution is -2.43. The van der Waals surface area contributed by atoms with E-state index in [1.807, 2.05) is 13.8 Å². The van der Waals surface area contributed by atoms with Crippen LogP contribution in [0.3, 0.4) is 0 Å². The van der Waals surface area contributed by atoms with Crippen LogP contribution in [0.5, 0.6) is 0 Å². The Morgan fingerprint density at radius 2 is 1.85 bits per heavy atom. The molecule has 2 saturated heterocycles. The molecule has 4 nitrogen and oxygen atoms in total. The molecule has 0 aromatic heterocycles. The Morgan fingerprint density at radius 1 is 1.25 bits per heavy atom. The van der Waals surface area contributed by atoms with Gasteiger partial charge in [0.15, 0.2) is 20.4 Å². The average Bonchev–Trinajstić information content (AvgIpc) is 2.69. The van der Waals surface area contributed by atoms with Gasteiger partial charge in [-0.1, -0.05) is 27.4 Å². The van der Waals surface area contributed by atoms with Gasteiger partial charge in [-0.15, -0.1) is 0 Å². The van der Waals surface area contributed by atoms with E-state index in [1.165, 1.54) is 0 Å². The highest BCUT2D eigenvalue weighted by molar-refractivity contribution is 6.74. The molecule has 0 unspecified atom stereocenters. The molecule has 2 heterocycles. The third-order valence-corrected chi connectivity index (χ3v) is 9.04. The molecular formula is C15H28O4Si. The molecule has 0 aliphatic carbocycles. The molecule has 3 atom stereocenters. The smallest absolute Gasteiger partial charge is 0.192 e. The molecule has 5 heteroatoms. The minimum absolute atomic E-state index is 0.129. The fourth-order valence-corrected chi connectivity index (χ4v) is 3.16. The number of hydrogen-bond acceptors (Lipinski definition) is 4. The van der Waals surface area contributed by atoms with E-state index in [9.17, 15) is 0 Å². The molecule has 20 heavy (non-hydrogen) atoms. The van der Waals surface area contributed by atoms with Crippen LogP contribution in [0.2, 0.25) is 18.1 Å². The van der Waals surface area contributed by atoms with Crippen LogP contribution in [0, 0.1) is 0 Å². The largest absolute Gasteiger partial charge is 0.414 e. The van der Waals surface area contributed by atoms with Crippen molar-refractivity contribution in [3.63, 3.8) is 0 Å². The summed E-state index contributed by atoms with van der Waals surface area (Å²) < 4.78 is 23.6. The quantitative estimate of drug-likeness (QED) is 0.591. The van der Waals surface area contributed by atoms with Crippen LogP contribution in [0.4, 0.5) is 0 Å². The lowest BCUT2D eigenvalue weighted by molar-refractivity contribution is -0.202. The van der Waals surface area contributed by atoms with E-state index in [4.69, 9.17) is 18.6 Å². The van der Waals surface area contributed by atoms with E-state index >= 15 is 0 Å². The first-order valence-electron chi connectivity index (χ1n) is 7.27. The molecule has 0 spiro atoms. The summed E-state index contributed by atoms with van der Waals surface area (Å²) >= 11 is 0. The van der Waals surface area contributed by atoms with Gasteiger partial charge >= 0.3 is 0 Å². The molecule has 0 N–H and O–H groups in total. The first kappa shape index (κ1) is 16.2. The van der Waals surface area contributed by atoms with Gasteiger partial charge in [-0.3, -0.25) is 0 Å². The van der Waals surface area contributed by atoms with Gasteiger partial charge in [0, 0.05) is 0 Å². The summed E-state index contributed by atoms with van der Waals surface area (Å²) in [6.45, 7) is 19.6. The second-order valence-corrected chi connectivity index (χ2v) is 12.5. The Balaban J connectivity index is 1.93. The Kier molecular flexibility index (Phi) is 3.98. The normalized spacial score (nSPS) is 33.5. The van der Waals surface area contributed by atoms with Crippen LogP contribution in [-0.4, -0.2) is 39.2 Å². The summed E-state index contributed by atoms with van der Waals surface area (Å²) in [6.07, 6.45) is -0.640. The minimum Gasteiger partial charge on any atom is -0.414 e. The van der Waals surface area contributed by atoms with E-state index in [-0.39, 0.29) is 23.5 Å². The molecule has 0 saturated carbocycles. The van der Waals surface area contributed by atoms with Crippen molar-refractivity contribution in [2.45, 2.75) is 77.0 Å². The van der Waals surface area contributed by atoms with Crippen molar-refractivity contribution in [2.75, 3.05) is 6.61 Å². The molecule has 2 rings (SSSR count). The number of rotatable bonds is 3. The highest BCUT2D eigenvalue weighted by atomic mass is 28.4. The predicted molar refractivity (Wildman–Crippen MR) is 81.0 cm³/mol. The number of fused-ring (bicyclic) bond motifs is 1. The summed E-state index contributed by atoms with van der Waals surface area (Å²) in [4.78, 5) is 0. The van der Waals surface area contributed by atoms with E-state index < -0.39 is 14.1 Å². The van der Waals surface area contributed by atoms with Crippen molar-refractivity contribution in [3.05, 3.63) is 12.2 Å². The molecule has 0 aromatic rings. The van der Waals surface area contributed by atoms with Crippen LogP contribution >= 0.6 is 0 Å². The summed E-state index contributed by atoms with van der Waals surface area (Å²) in [7, 11) is -1.77. The van der Waals surface area contributed by atoms with E-state index in [0.29, 0.717) is 6.61 Å². The fourth-order valence-electron chi connectivity index (χ4n) is 2.16. The van der Waals surface area contributed by atoms with Gasteiger partial charge in [-0.25, -0.2) is 0 Å². The van der Waals surface area contributed by atoms with E-state index in [0.717, 1.165) is 5.57 Å². The van der Waals surface area contributed by atoms with Crippen molar-refractivity contribution in [1.29, 1.82) is 0 Å². The van der Waals surface area contributed by atoms with Crippen molar-refractivity contribution in [3.8, 4) is 0 Å². The van der Waals surface area contributed by atoms with Crippen LogP contribution in [0.25, 0.3) is 0 Å². The zero-order valence-corrected chi connectivity index (χ0v) is 14.8. The molecule has 0 aromatic carbocycles. The maximum Gasteiger partial charge on any atom is 0.192 e. The lowest BCUT2D eigenvalue weighted by Gasteiger charge is -2.37. The van der Waals surface area contributed by atoms with Crippen molar-refractivity contribution < 1.29 is 18.6 Å². The molecular weight excluding hydrogens is 272 g/mol. The second-order valence-electron chi connectivity index (χ2n) is 7.70. The zero-order valence-electron chi connectivity index (χ0n) is 13.8. The fraction of sp³-hybridized carbons (Fsp3) is 0.867. The van der Waals surface area contributed by atoms with Crippen LogP contribution in [-0.2, 0) is 18.6 Å². The van der Waals surface area contributed by atoms with Gasteiger partial charge in [0.05, 0.1) is 6.61 Å². The Bertz CT molecular complexity index is 397. The maximum absolute atomic E-state index is 6.21. The van der Waals surface area contributed by atoms with Gasteiger partial charge in [0.1, 0.15) is 12.2 Å². The minimum atomic E-state index is -1.77. The lowest BCUT2D eigenvalue weighted by atomic mass is 10.1. The van der Waals surface area contributed by atoms with E-state index in [2.05, 4.69) is 40.4 Å². The zero-order chi connectivity index (χ0) is 15.3. The molecule has 2 fully saturated rings. The van der Waals surface area contributed by atoms with E-state index in [1.54, 1.807) is 0 Å². The maximum atomic E-state index is 6.21. The molecule has 0 radical (unpaired) electrons. The average molecular weight is 300 g/mol. The molecule has 2 aliphatic heterocycles. The molecule has 0 bridgehead atoms. The summed E-state index contributed by atoms with van der Waals surface area (Å²) in [5.74, 6) is -0.594. The Labute approximate surface area is 123 Å². The van der Waals surface area contributed by atoms with Gasteiger partial charge in [0.25, 0.3) is 0 Å². The first-order valence-corrected chi connectivity index (χ1v) is 10.2. The monoisotopic (exact) mass is 300 g/mol. The number of hydrogen-bond donors (Lipinski definition) is 0. The first-order chi connectivity index (χ1) is 8.93. The summed E-state index contributed by atoms with van der Waals surface area (Å²) in [5, 5.41) is 0.192. The Hall–Kier alpha value is -0.203. The second kappa shape index (κ2) is 4.92. The third kappa shape index (κ3) is 3.02. The van der Waals surface area contributed by atoms with Crippen molar-refractivity contribution in [2.24, 2.45) is 0 Å². The SMILES string of the molecule is C=C1[C@H]2OC(C)(C)O[C@H]2O[C@@H]1CO[Si](C)(C)C(C)(C)C. The van der Waals surface area contributed by atoms with Gasteiger partial charge in [-0.2, -0.15) is 0 Å². The standard InChI is InChI=1S/C15H28O4Si/c1-10-11(9-16-20(7,8)14(2,3)4)17-13-12(10)18-15(5,6)19-13/h11-13H,1,9H2,2-8H3/t11-,12-,13-/m1/s1. The highest BCUT2D eigenvalue weighted by Gasteiger charge is 2.51. The van der Waals surface area contributed by atoms with Gasteiger partial charge in [-0.05, 0) is 37.6 Å². The summed E-state index contributed by atoms with van der Waals surface area (Å²) in [6, 6.07) is 0. The predicted octanol–water partition coefficient (Wildman–Crippen LogP) is 3.44. The molecule has 116 valence electrons. The van der Waals surface area contributed by atoms with Gasteiger partial charge in [0.2, 0.25) is 0 Å². The highest BCUT2D eigenvalue weighted by Crippen LogP contribution is 2.41. The van der Waals surface area contributed by atoms with Crippen molar-refractivity contribution >= 4 is 8.32 Å².